The third kappa shape index (κ3) is 2.73. The Morgan fingerprint density at radius 3 is 2.35 bits per heavy atom. The Labute approximate surface area is 116 Å². The maximum Gasteiger partial charge on any atom is 0.261 e. The minimum absolute atomic E-state index is 0.0889. The van der Waals surface area contributed by atoms with Gasteiger partial charge in [0.15, 0.2) is 0 Å². The molecule has 0 spiro atoms. The van der Waals surface area contributed by atoms with Crippen LogP contribution in [-0.4, -0.2) is 23.2 Å². The number of carbonyl (C=O) groups is 1. The number of carbonyl (C=O) groups excluding carboxylic acids is 1. The molecule has 0 saturated carbocycles. The predicted molar refractivity (Wildman–Crippen MR) is 76.8 cm³/mol. The molecular weight excluding hydrogens is 256 g/mol. The van der Waals surface area contributed by atoms with Crippen LogP contribution in [0.25, 0.3) is 0 Å². The van der Waals surface area contributed by atoms with Crippen molar-refractivity contribution in [1.82, 2.24) is 0 Å². The Kier molecular flexibility index (Phi) is 3.91. The zero-order valence-corrected chi connectivity index (χ0v) is 11.1. The first-order chi connectivity index (χ1) is 9.52. The first-order valence-corrected chi connectivity index (χ1v) is 6.12. The number of nitrogens with two attached hydrogens (primary N) is 1. The summed E-state index contributed by atoms with van der Waals surface area (Å²) in [5.41, 5.74) is 7.32. The fraction of sp³-hybridized carbons (Fsp3) is 0.133. The maximum atomic E-state index is 12.3. The van der Waals surface area contributed by atoms with Crippen LogP contribution in [0.15, 0.2) is 42.5 Å². The van der Waals surface area contributed by atoms with Gasteiger partial charge in [0.2, 0.25) is 0 Å². The number of aromatic hydroxyl groups is 2. The van der Waals surface area contributed by atoms with Crippen molar-refractivity contribution in [3.8, 4) is 11.5 Å². The van der Waals surface area contributed by atoms with Gasteiger partial charge >= 0.3 is 0 Å². The average Bonchev–Trinajstić information content (AvgIpc) is 2.46. The Balaban J connectivity index is 2.27. The molecular formula is C15H16N2O3. The summed E-state index contributed by atoms with van der Waals surface area (Å²) in [5, 5.41) is 19.0. The van der Waals surface area contributed by atoms with E-state index >= 15 is 0 Å². The van der Waals surface area contributed by atoms with E-state index in [1.807, 2.05) is 12.1 Å². The highest BCUT2D eigenvalue weighted by molar-refractivity contribution is 6.07. The van der Waals surface area contributed by atoms with Crippen LogP contribution >= 0.6 is 0 Å². The molecule has 1 amide bonds. The van der Waals surface area contributed by atoms with Gasteiger partial charge in [-0.15, -0.1) is 0 Å². The van der Waals surface area contributed by atoms with Crippen molar-refractivity contribution in [3.05, 3.63) is 53.6 Å². The Hall–Kier alpha value is -2.53. The summed E-state index contributed by atoms with van der Waals surface area (Å²) >= 11 is 0. The van der Waals surface area contributed by atoms with Crippen molar-refractivity contribution >= 4 is 11.6 Å². The van der Waals surface area contributed by atoms with E-state index in [-0.39, 0.29) is 23.0 Å². The first-order valence-electron chi connectivity index (χ1n) is 6.12. The normalized spacial score (nSPS) is 10.3. The molecule has 0 aliphatic carbocycles. The van der Waals surface area contributed by atoms with Crippen LogP contribution in [0.1, 0.15) is 15.9 Å². The summed E-state index contributed by atoms with van der Waals surface area (Å²) in [7, 11) is 1.62. The number of benzene rings is 2. The van der Waals surface area contributed by atoms with Crippen molar-refractivity contribution < 1.29 is 15.0 Å². The van der Waals surface area contributed by atoms with E-state index < -0.39 is 0 Å². The summed E-state index contributed by atoms with van der Waals surface area (Å²) in [6, 6.07) is 11.1. The fourth-order valence-electron chi connectivity index (χ4n) is 1.85. The molecule has 0 saturated heterocycles. The van der Waals surface area contributed by atoms with Crippen LogP contribution in [0.3, 0.4) is 0 Å². The number of anilines is 1. The van der Waals surface area contributed by atoms with Crippen LogP contribution in [0.2, 0.25) is 0 Å². The molecule has 104 valence electrons. The molecule has 0 aliphatic heterocycles. The second-order valence-electron chi connectivity index (χ2n) is 4.44. The van der Waals surface area contributed by atoms with E-state index in [1.54, 1.807) is 19.2 Å². The van der Waals surface area contributed by atoms with Crippen LogP contribution < -0.4 is 10.6 Å². The SMILES string of the molecule is CN(C(=O)c1ccc(O)cc1O)c1ccc(CN)cc1. The summed E-state index contributed by atoms with van der Waals surface area (Å²) in [5.74, 6) is -0.697. The minimum Gasteiger partial charge on any atom is -0.508 e. The van der Waals surface area contributed by atoms with Gasteiger partial charge in [-0.2, -0.15) is 0 Å². The highest BCUT2D eigenvalue weighted by atomic mass is 16.3. The van der Waals surface area contributed by atoms with Gasteiger partial charge in [-0.05, 0) is 29.8 Å². The molecule has 0 fully saturated rings. The fourth-order valence-corrected chi connectivity index (χ4v) is 1.85. The quantitative estimate of drug-likeness (QED) is 0.795. The zero-order chi connectivity index (χ0) is 14.7. The van der Waals surface area contributed by atoms with Crippen molar-refractivity contribution in [2.75, 3.05) is 11.9 Å². The van der Waals surface area contributed by atoms with Crippen LogP contribution in [0, 0.1) is 0 Å². The second kappa shape index (κ2) is 5.63. The molecule has 20 heavy (non-hydrogen) atoms. The molecule has 2 aromatic carbocycles. The number of rotatable bonds is 3. The topological polar surface area (TPSA) is 86.8 Å². The van der Waals surface area contributed by atoms with Gasteiger partial charge in [-0.25, -0.2) is 0 Å². The Bertz CT molecular complexity index is 624. The Morgan fingerprint density at radius 2 is 1.80 bits per heavy atom. The lowest BCUT2D eigenvalue weighted by molar-refractivity contribution is 0.0990. The second-order valence-corrected chi connectivity index (χ2v) is 4.44. The first kappa shape index (κ1) is 13.9. The summed E-state index contributed by atoms with van der Waals surface area (Å²) < 4.78 is 0. The molecule has 2 rings (SSSR count). The molecule has 0 heterocycles. The maximum absolute atomic E-state index is 12.3. The molecule has 5 heteroatoms. The lowest BCUT2D eigenvalue weighted by atomic mass is 10.1. The molecule has 5 nitrogen and oxygen atoms in total. The lowest BCUT2D eigenvalue weighted by Crippen LogP contribution is -2.26. The lowest BCUT2D eigenvalue weighted by Gasteiger charge is -2.18. The van der Waals surface area contributed by atoms with Crippen molar-refractivity contribution in [2.24, 2.45) is 5.73 Å². The smallest absolute Gasteiger partial charge is 0.261 e. The summed E-state index contributed by atoms with van der Waals surface area (Å²) in [6.07, 6.45) is 0. The van der Waals surface area contributed by atoms with Gasteiger partial charge in [-0.3, -0.25) is 4.79 Å². The molecule has 0 unspecified atom stereocenters. The van der Waals surface area contributed by atoms with Crippen molar-refractivity contribution in [1.29, 1.82) is 0 Å². The molecule has 4 N–H and O–H groups in total. The highest BCUT2D eigenvalue weighted by Crippen LogP contribution is 2.25. The number of amides is 1. The Morgan fingerprint density at radius 1 is 1.15 bits per heavy atom. The third-order valence-electron chi connectivity index (χ3n) is 3.08. The highest BCUT2D eigenvalue weighted by Gasteiger charge is 2.17. The van der Waals surface area contributed by atoms with Crippen LogP contribution in [0.5, 0.6) is 11.5 Å². The number of phenols is 2. The predicted octanol–water partition coefficient (Wildman–Crippen LogP) is 1.83. The summed E-state index contributed by atoms with van der Waals surface area (Å²) in [4.78, 5) is 13.7. The van der Waals surface area contributed by atoms with E-state index in [0.29, 0.717) is 12.2 Å². The monoisotopic (exact) mass is 272 g/mol. The molecule has 2 aromatic rings. The summed E-state index contributed by atoms with van der Waals surface area (Å²) in [6.45, 7) is 0.441. The van der Waals surface area contributed by atoms with Gasteiger partial charge in [0, 0.05) is 25.3 Å². The van der Waals surface area contributed by atoms with Gasteiger partial charge in [0.25, 0.3) is 5.91 Å². The molecule has 0 aromatic heterocycles. The van der Waals surface area contributed by atoms with Crippen molar-refractivity contribution in [3.63, 3.8) is 0 Å². The minimum atomic E-state index is -0.358. The van der Waals surface area contributed by atoms with Crippen molar-refractivity contribution in [2.45, 2.75) is 6.54 Å². The zero-order valence-electron chi connectivity index (χ0n) is 11.1. The average molecular weight is 272 g/mol. The van der Waals surface area contributed by atoms with Gasteiger partial charge in [0.1, 0.15) is 11.5 Å². The number of hydrogen-bond donors (Lipinski definition) is 3. The van der Waals surface area contributed by atoms with Gasteiger partial charge in [-0.1, -0.05) is 12.1 Å². The number of hydrogen-bond acceptors (Lipinski definition) is 4. The van der Waals surface area contributed by atoms with E-state index in [2.05, 4.69) is 0 Å². The largest absolute Gasteiger partial charge is 0.508 e. The van der Waals surface area contributed by atoms with E-state index in [9.17, 15) is 15.0 Å². The standard InChI is InChI=1S/C15H16N2O3/c1-17(11-4-2-10(9-16)3-5-11)15(20)13-7-6-12(18)8-14(13)19/h2-8,18-19H,9,16H2,1H3. The molecule has 0 radical (unpaired) electrons. The molecule has 0 bridgehead atoms. The van der Waals surface area contributed by atoms with Gasteiger partial charge < -0.3 is 20.8 Å². The van der Waals surface area contributed by atoms with Gasteiger partial charge in [0.05, 0.1) is 5.56 Å². The third-order valence-corrected chi connectivity index (χ3v) is 3.08. The van der Waals surface area contributed by atoms with E-state index in [0.717, 1.165) is 11.6 Å². The molecule has 0 aliphatic rings. The number of nitrogens with zero attached hydrogens (tertiary/aromatic N) is 1. The molecule has 0 atom stereocenters. The van der Waals surface area contributed by atoms with E-state index in [4.69, 9.17) is 5.73 Å². The van der Waals surface area contributed by atoms with Crippen LogP contribution in [-0.2, 0) is 6.54 Å². The van der Waals surface area contributed by atoms with E-state index in [1.165, 1.54) is 17.0 Å². The van der Waals surface area contributed by atoms with Crippen LogP contribution in [0.4, 0.5) is 5.69 Å². The number of phenolic OH excluding ortho intramolecular Hbond substituents is 2.